The molecule has 2 N–H and O–H groups in total. The maximum absolute atomic E-state index is 12.5. The van der Waals surface area contributed by atoms with Gasteiger partial charge in [-0.1, -0.05) is 0 Å². The summed E-state index contributed by atoms with van der Waals surface area (Å²) in [7, 11) is 1.42. The lowest BCUT2D eigenvalue weighted by Crippen LogP contribution is -2.33. The zero-order valence-corrected chi connectivity index (χ0v) is 11.8. The number of Topliss-reactive ketones (excluding diaryl/α,β-unsaturated/α-hetero) is 1. The number of piperidine rings is 1. The molecule has 0 radical (unpaired) electrons. The van der Waals surface area contributed by atoms with Crippen LogP contribution in [0.5, 0.6) is 0 Å². The first-order chi connectivity index (χ1) is 10.1. The summed E-state index contributed by atoms with van der Waals surface area (Å²) in [6.07, 6.45) is 1.64. The molecule has 6 heteroatoms. The number of rotatable bonds is 2. The molecule has 2 aromatic rings. The van der Waals surface area contributed by atoms with E-state index < -0.39 is 5.69 Å². The Hall–Kier alpha value is -2.21. The van der Waals surface area contributed by atoms with E-state index in [1.165, 1.54) is 7.05 Å². The Morgan fingerprint density at radius 2 is 1.95 bits per heavy atom. The molecule has 0 saturated carbocycles. The summed E-state index contributed by atoms with van der Waals surface area (Å²) < 4.78 is 1.01. The molecule has 0 unspecified atom stereocenters. The van der Waals surface area contributed by atoms with Crippen LogP contribution in [0.4, 0.5) is 0 Å². The first-order valence-corrected chi connectivity index (χ1v) is 7.06. The molecule has 0 aliphatic carbocycles. The van der Waals surface area contributed by atoms with Crippen LogP contribution >= 0.6 is 0 Å². The lowest BCUT2D eigenvalue weighted by Gasteiger charge is -2.21. The maximum Gasteiger partial charge on any atom is 0.328 e. The molecule has 1 aromatic carbocycles. The molecule has 2 heterocycles. The van der Waals surface area contributed by atoms with Crippen molar-refractivity contribution in [2.24, 2.45) is 13.0 Å². The number of hydrogen-bond acceptors (Lipinski definition) is 4. The number of H-pyrrole nitrogens is 1. The van der Waals surface area contributed by atoms with E-state index in [9.17, 15) is 14.4 Å². The number of carbonyl (C=O) groups excluding carboxylic acids is 1. The fraction of sp³-hybridized carbons (Fsp3) is 0.400. The van der Waals surface area contributed by atoms with Gasteiger partial charge in [0.2, 0.25) is 0 Å². The van der Waals surface area contributed by atoms with E-state index >= 15 is 0 Å². The third-order valence-electron chi connectivity index (χ3n) is 4.10. The second kappa shape index (κ2) is 5.29. The first kappa shape index (κ1) is 13.8. The number of aromatic nitrogens is 2. The summed E-state index contributed by atoms with van der Waals surface area (Å²) >= 11 is 0. The number of aromatic amines is 1. The van der Waals surface area contributed by atoms with Crippen molar-refractivity contribution in [3.05, 3.63) is 44.6 Å². The second-order valence-corrected chi connectivity index (χ2v) is 5.44. The Balaban J connectivity index is 2.06. The smallest absolute Gasteiger partial charge is 0.317 e. The van der Waals surface area contributed by atoms with Gasteiger partial charge in [0.15, 0.2) is 5.78 Å². The van der Waals surface area contributed by atoms with Crippen molar-refractivity contribution in [1.82, 2.24) is 14.9 Å². The third-order valence-corrected chi connectivity index (χ3v) is 4.10. The molecule has 21 heavy (non-hydrogen) atoms. The first-order valence-electron chi connectivity index (χ1n) is 7.06. The van der Waals surface area contributed by atoms with Gasteiger partial charge in [0.25, 0.3) is 5.56 Å². The van der Waals surface area contributed by atoms with Gasteiger partial charge in [-0.05, 0) is 44.1 Å². The number of carbonyl (C=O) groups is 1. The van der Waals surface area contributed by atoms with Gasteiger partial charge in [0.1, 0.15) is 0 Å². The van der Waals surface area contributed by atoms with Crippen molar-refractivity contribution >= 4 is 16.7 Å². The lowest BCUT2D eigenvalue weighted by molar-refractivity contribution is 0.0895. The van der Waals surface area contributed by atoms with Crippen LogP contribution in [-0.2, 0) is 7.05 Å². The number of hydrogen-bond donors (Lipinski definition) is 2. The average Bonchev–Trinajstić information content (AvgIpc) is 2.53. The molecule has 1 aliphatic rings. The highest BCUT2D eigenvalue weighted by atomic mass is 16.2. The van der Waals surface area contributed by atoms with Gasteiger partial charge >= 0.3 is 5.69 Å². The van der Waals surface area contributed by atoms with E-state index in [1.54, 1.807) is 18.2 Å². The quantitative estimate of drug-likeness (QED) is 0.784. The third kappa shape index (κ3) is 2.42. The molecule has 110 valence electrons. The summed E-state index contributed by atoms with van der Waals surface area (Å²) in [5.74, 6) is 0.0852. The second-order valence-electron chi connectivity index (χ2n) is 5.44. The number of nitrogens with zero attached hydrogens (tertiary/aromatic N) is 1. The van der Waals surface area contributed by atoms with E-state index in [2.05, 4.69) is 10.3 Å². The molecular weight excluding hydrogens is 270 g/mol. The van der Waals surface area contributed by atoms with Gasteiger partial charge in [0, 0.05) is 18.5 Å². The van der Waals surface area contributed by atoms with E-state index in [1.807, 2.05) is 0 Å². The van der Waals surface area contributed by atoms with Gasteiger partial charge in [0.05, 0.1) is 10.9 Å². The van der Waals surface area contributed by atoms with Crippen LogP contribution < -0.4 is 16.6 Å². The van der Waals surface area contributed by atoms with Gasteiger partial charge < -0.3 is 10.3 Å². The minimum absolute atomic E-state index is 0.00955. The van der Waals surface area contributed by atoms with Crippen LogP contribution in [0.15, 0.2) is 27.8 Å². The average molecular weight is 287 g/mol. The van der Waals surface area contributed by atoms with Gasteiger partial charge in [-0.2, -0.15) is 0 Å². The Kier molecular flexibility index (Phi) is 3.47. The predicted octanol–water partition coefficient (Wildman–Crippen LogP) is 0.409. The largest absolute Gasteiger partial charge is 0.328 e. The molecule has 0 spiro atoms. The van der Waals surface area contributed by atoms with Crippen LogP contribution in [0.3, 0.4) is 0 Å². The molecule has 0 bridgehead atoms. The van der Waals surface area contributed by atoms with Crippen molar-refractivity contribution in [3.8, 4) is 0 Å². The molecule has 6 nitrogen and oxygen atoms in total. The van der Waals surface area contributed by atoms with Crippen molar-refractivity contribution in [2.45, 2.75) is 12.8 Å². The fourth-order valence-electron chi connectivity index (χ4n) is 2.78. The highest BCUT2D eigenvalue weighted by Gasteiger charge is 2.22. The lowest BCUT2D eigenvalue weighted by atomic mass is 9.89. The molecule has 1 aromatic heterocycles. The summed E-state index contributed by atoms with van der Waals surface area (Å²) in [5, 5.41) is 3.60. The van der Waals surface area contributed by atoms with Gasteiger partial charge in [-0.15, -0.1) is 0 Å². The molecule has 1 saturated heterocycles. The van der Waals surface area contributed by atoms with Crippen molar-refractivity contribution in [2.75, 3.05) is 13.1 Å². The zero-order valence-electron chi connectivity index (χ0n) is 11.8. The maximum atomic E-state index is 12.5. The number of nitrogens with one attached hydrogen (secondary N) is 2. The normalized spacial score (nSPS) is 16.2. The minimum atomic E-state index is -0.454. The fourth-order valence-corrected chi connectivity index (χ4v) is 2.78. The van der Waals surface area contributed by atoms with E-state index in [-0.39, 0.29) is 17.3 Å². The van der Waals surface area contributed by atoms with Crippen LogP contribution in [0, 0.1) is 5.92 Å². The Labute approximate surface area is 120 Å². The summed E-state index contributed by atoms with van der Waals surface area (Å²) in [4.78, 5) is 38.8. The van der Waals surface area contributed by atoms with E-state index in [4.69, 9.17) is 0 Å². The van der Waals surface area contributed by atoms with Crippen molar-refractivity contribution in [1.29, 1.82) is 0 Å². The Morgan fingerprint density at radius 1 is 1.24 bits per heavy atom. The highest BCUT2D eigenvalue weighted by molar-refractivity contribution is 6.00. The monoisotopic (exact) mass is 287 g/mol. The zero-order chi connectivity index (χ0) is 15.0. The van der Waals surface area contributed by atoms with Gasteiger partial charge in [-0.25, -0.2) is 4.79 Å². The molecule has 1 aliphatic heterocycles. The standard InChI is InChI=1S/C15H17N3O3/c1-18-14(20)11-8-10(2-3-12(11)17-15(18)21)13(19)9-4-6-16-7-5-9/h2-3,8-9,16H,4-7H2,1H3,(H,17,21). The van der Waals surface area contributed by atoms with E-state index in [0.717, 1.165) is 30.5 Å². The molecule has 0 amide bonds. The van der Waals surface area contributed by atoms with Crippen LogP contribution in [0.25, 0.3) is 10.9 Å². The predicted molar refractivity (Wildman–Crippen MR) is 79.7 cm³/mol. The topological polar surface area (TPSA) is 84.0 Å². The van der Waals surface area contributed by atoms with Crippen LogP contribution in [0.1, 0.15) is 23.2 Å². The molecule has 3 rings (SSSR count). The van der Waals surface area contributed by atoms with Crippen molar-refractivity contribution in [3.63, 3.8) is 0 Å². The Morgan fingerprint density at radius 3 is 2.67 bits per heavy atom. The molecular formula is C15H17N3O3. The van der Waals surface area contributed by atoms with E-state index in [0.29, 0.717) is 16.5 Å². The number of fused-ring (bicyclic) bond motifs is 1. The number of benzene rings is 1. The minimum Gasteiger partial charge on any atom is -0.317 e. The number of ketones is 1. The SMILES string of the molecule is Cn1c(=O)[nH]c2ccc(C(=O)C3CCNCC3)cc2c1=O. The van der Waals surface area contributed by atoms with Crippen LogP contribution in [-0.4, -0.2) is 28.4 Å². The summed E-state index contributed by atoms with van der Waals surface area (Å²) in [6, 6.07) is 4.91. The highest BCUT2D eigenvalue weighted by Crippen LogP contribution is 2.19. The van der Waals surface area contributed by atoms with Crippen LogP contribution in [0.2, 0.25) is 0 Å². The Bertz CT molecular complexity index is 813. The van der Waals surface area contributed by atoms with Crippen molar-refractivity contribution < 1.29 is 4.79 Å². The summed E-state index contributed by atoms with van der Waals surface area (Å²) in [6.45, 7) is 1.69. The molecule has 0 atom stereocenters. The molecule has 1 fully saturated rings. The van der Waals surface area contributed by atoms with Gasteiger partial charge in [-0.3, -0.25) is 14.2 Å². The summed E-state index contributed by atoms with van der Waals surface area (Å²) in [5.41, 5.74) is 0.169.